The van der Waals surface area contributed by atoms with Gasteiger partial charge >= 0.3 is 11.9 Å². The number of ether oxygens (including phenoxy) is 14. The van der Waals surface area contributed by atoms with Crippen LogP contribution in [0, 0.1) is 41.4 Å². The van der Waals surface area contributed by atoms with E-state index in [0.29, 0.717) is 6.42 Å². The third-order valence-corrected chi connectivity index (χ3v) is 16.8. The third-order valence-electron chi connectivity index (χ3n) is 16.8. The Balaban J connectivity index is 1.12. The molecule has 0 amide bonds. The molecule has 5 heterocycles. The fraction of sp³-hybridized carbons (Fsp3) is 0.754. The van der Waals surface area contributed by atoms with Crippen LogP contribution in [0.4, 0.5) is 0 Å². The van der Waals surface area contributed by atoms with E-state index in [1.165, 1.54) is 13.8 Å². The number of esters is 2. The lowest BCUT2D eigenvalue weighted by molar-refractivity contribution is -0.368. The van der Waals surface area contributed by atoms with Crippen molar-refractivity contribution < 1.29 is 75.9 Å². The molecular weight excluding hydrogens is 1020 g/mol. The average molecular weight is 1110 g/mol. The highest BCUT2D eigenvalue weighted by Gasteiger charge is 2.55. The second kappa shape index (κ2) is 29.0. The molecule has 438 valence electrons. The van der Waals surface area contributed by atoms with E-state index in [1.54, 1.807) is 7.11 Å². The SMILES string of the molecule is CCC1O[C@@H](O[C@H]2C(C)OC(O[C@H]3C(COC(C)=O)O[C@@H](OC)C(C)[C@H]3C)[C@@H](C)[C@@H]2OCc2ccccc2)C(N=[N+]=[N-])[C@@H](C)[C@H]1O[C@@H]1OC(C)[C@H](O[C@@H]2OC(COC(C)=O)[C@H](C)[C@H](C)C2N=[N+]=[N-])[C@H](C)C1OCc1ccccc1. The maximum atomic E-state index is 12.0. The van der Waals surface area contributed by atoms with E-state index in [9.17, 15) is 20.7 Å². The van der Waals surface area contributed by atoms with Crippen molar-refractivity contribution in [2.75, 3.05) is 20.3 Å². The van der Waals surface area contributed by atoms with Gasteiger partial charge in [0.1, 0.15) is 31.5 Å². The fourth-order valence-electron chi connectivity index (χ4n) is 11.7. The zero-order chi connectivity index (χ0) is 57.1. The summed E-state index contributed by atoms with van der Waals surface area (Å²) < 4.78 is 91.1. The first-order valence-electron chi connectivity index (χ1n) is 28.0. The minimum absolute atomic E-state index is 0.00957. The summed E-state index contributed by atoms with van der Waals surface area (Å²) in [7, 11) is 1.59. The zero-order valence-electron chi connectivity index (χ0n) is 48.0. The molecular formula is C57H84N6O16. The van der Waals surface area contributed by atoms with Crippen molar-refractivity contribution in [1.82, 2.24) is 0 Å². The van der Waals surface area contributed by atoms with E-state index in [1.807, 2.05) is 123 Å². The zero-order valence-corrected chi connectivity index (χ0v) is 48.0. The molecule has 0 aromatic heterocycles. The second-order valence-electron chi connectivity index (χ2n) is 22.1. The summed E-state index contributed by atoms with van der Waals surface area (Å²) in [5.41, 5.74) is 21.7. The molecule has 0 radical (unpaired) electrons. The van der Waals surface area contributed by atoms with E-state index in [0.717, 1.165) is 11.1 Å². The minimum atomic E-state index is -1.06. The Morgan fingerprint density at radius 1 is 0.481 bits per heavy atom. The number of hydrogen-bond acceptors (Lipinski definition) is 18. The van der Waals surface area contributed by atoms with E-state index in [-0.39, 0.29) is 50.1 Å². The van der Waals surface area contributed by atoms with E-state index < -0.39 is 140 Å². The highest BCUT2D eigenvalue weighted by molar-refractivity contribution is 5.66. The van der Waals surface area contributed by atoms with E-state index in [2.05, 4.69) is 27.0 Å². The Morgan fingerprint density at radius 3 is 1.51 bits per heavy atom. The molecule has 2 aromatic rings. The number of methoxy groups -OCH3 is 1. The summed E-state index contributed by atoms with van der Waals surface area (Å²) in [5.74, 6) is -2.67. The summed E-state index contributed by atoms with van der Waals surface area (Å²) in [5, 5.41) is 8.45. The monoisotopic (exact) mass is 1110 g/mol. The Hall–Kier alpha value is -4.48. The molecule has 7 rings (SSSR count). The number of azide groups is 2. The Kier molecular flexibility index (Phi) is 22.8. The van der Waals surface area contributed by atoms with Crippen molar-refractivity contribution in [3.63, 3.8) is 0 Å². The number of rotatable bonds is 22. The molecule has 5 aliphatic heterocycles. The number of carbonyl (C=O) groups excluding carboxylic acids is 2. The van der Waals surface area contributed by atoms with Crippen LogP contribution in [0.3, 0.4) is 0 Å². The Morgan fingerprint density at radius 2 is 0.949 bits per heavy atom. The molecule has 0 aliphatic carbocycles. The van der Waals surface area contributed by atoms with Crippen LogP contribution < -0.4 is 0 Å². The molecule has 5 aliphatic rings. The van der Waals surface area contributed by atoms with Crippen LogP contribution in [0.5, 0.6) is 0 Å². The third kappa shape index (κ3) is 15.2. The molecule has 22 nitrogen and oxygen atoms in total. The van der Waals surface area contributed by atoms with Crippen LogP contribution in [0.25, 0.3) is 20.9 Å². The van der Waals surface area contributed by atoms with Crippen molar-refractivity contribution in [1.29, 1.82) is 0 Å². The van der Waals surface area contributed by atoms with Gasteiger partial charge in [-0.1, -0.05) is 126 Å². The highest BCUT2D eigenvalue weighted by Crippen LogP contribution is 2.43. The largest absolute Gasteiger partial charge is 0.463 e. The summed E-state index contributed by atoms with van der Waals surface area (Å²) >= 11 is 0. The van der Waals surface area contributed by atoms with Crippen molar-refractivity contribution in [2.24, 2.45) is 51.7 Å². The predicted octanol–water partition coefficient (Wildman–Crippen LogP) is 9.36. The van der Waals surface area contributed by atoms with Gasteiger partial charge in [0.15, 0.2) is 31.5 Å². The van der Waals surface area contributed by atoms with Crippen molar-refractivity contribution in [3.05, 3.63) is 92.7 Å². The molecule has 2 aromatic carbocycles. The van der Waals surface area contributed by atoms with Gasteiger partial charge in [-0.05, 0) is 66.1 Å². The van der Waals surface area contributed by atoms with Crippen LogP contribution >= 0.6 is 0 Å². The molecule has 79 heavy (non-hydrogen) atoms. The Labute approximate surface area is 464 Å². The smallest absolute Gasteiger partial charge is 0.302 e. The lowest BCUT2D eigenvalue weighted by atomic mass is 9.82. The van der Waals surface area contributed by atoms with E-state index >= 15 is 0 Å². The van der Waals surface area contributed by atoms with Gasteiger partial charge in [-0.3, -0.25) is 9.59 Å². The van der Waals surface area contributed by atoms with Gasteiger partial charge in [0, 0.05) is 48.5 Å². The van der Waals surface area contributed by atoms with Gasteiger partial charge in [-0.15, -0.1) is 0 Å². The van der Waals surface area contributed by atoms with Crippen LogP contribution in [0.2, 0.25) is 0 Å². The maximum absolute atomic E-state index is 12.0. The normalized spacial score (nSPS) is 40.5. The standard InChI is InChI=1S/C57H84N6O16/c1-14-42-49(78-57-51(70-26-41-23-19-16-20-24-41)34(7)47(36(9)72-57)76-55-45(60-62-58)30(3)29(2)43(74-55)27-67-38(11)64)33(6)46(61-63-59)56(73-42)79-52-37(10)71-54(35(8)50(52)69-25-40-21-17-15-18-22-40)77-48-31(4)32(5)53(66-13)75-44(48)28-68-39(12)65/h15-24,29-37,42-57H,14,25-28H2,1-13H3/t29-,30+,31-,32?,33-,34+,35+,36?,37?,42?,43?,44?,45?,46?,47-,48-,49-,50+,51?,52+,53-,54?,55+,56+,57+/m1/s1. The first-order valence-corrected chi connectivity index (χ1v) is 28.0. The second-order valence-corrected chi connectivity index (χ2v) is 22.1. The van der Waals surface area contributed by atoms with Gasteiger partial charge in [-0.2, -0.15) is 0 Å². The predicted molar refractivity (Wildman–Crippen MR) is 285 cm³/mol. The molecule has 0 saturated carbocycles. The summed E-state index contributed by atoms with van der Waals surface area (Å²) in [6, 6.07) is 18.0. The molecule has 0 bridgehead atoms. The molecule has 5 saturated heterocycles. The maximum Gasteiger partial charge on any atom is 0.302 e. The van der Waals surface area contributed by atoms with Gasteiger partial charge in [0.25, 0.3) is 0 Å². The van der Waals surface area contributed by atoms with Crippen LogP contribution in [-0.4, -0.2) is 143 Å². The lowest BCUT2D eigenvalue weighted by Crippen LogP contribution is -2.63. The quantitative estimate of drug-likeness (QED) is 0.0460. The number of nitrogens with zero attached hydrogens (tertiary/aromatic N) is 6. The van der Waals surface area contributed by atoms with Crippen LogP contribution in [0.1, 0.15) is 101 Å². The van der Waals surface area contributed by atoms with Crippen molar-refractivity contribution >= 4 is 11.9 Å². The van der Waals surface area contributed by atoms with Gasteiger partial charge in [0.2, 0.25) is 0 Å². The molecule has 0 spiro atoms. The molecule has 10 unspecified atom stereocenters. The highest BCUT2D eigenvalue weighted by atomic mass is 16.8. The molecule has 25 atom stereocenters. The number of hydrogen-bond donors (Lipinski definition) is 0. The van der Waals surface area contributed by atoms with Gasteiger partial charge < -0.3 is 66.3 Å². The summed E-state index contributed by atoms with van der Waals surface area (Å²) in [6.07, 6.45) is -10.9. The topological polar surface area (TPSA) is 261 Å². The van der Waals surface area contributed by atoms with Gasteiger partial charge in [-0.25, -0.2) is 0 Å². The summed E-state index contributed by atoms with van der Waals surface area (Å²) in [6.45, 7) is 22.8. The van der Waals surface area contributed by atoms with Crippen molar-refractivity contribution in [3.8, 4) is 0 Å². The van der Waals surface area contributed by atoms with Crippen LogP contribution in [0.15, 0.2) is 70.9 Å². The molecule has 0 N–H and O–H groups in total. The van der Waals surface area contributed by atoms with Crippen molar-refractivity contribution in [2.45, 2.75) is 213 Å². The van der Waals surface area contributed by atoms with Crippen LogP contribution in [-0.2, 0) is 89.1 Å². The number of benzene rings is 2. The molecule has 5 fully saturated rings. The van der Waals surface area contributed by atoms with Gasteiger partial charge in [0.05, 0.1) is 74.1 Å². The fourth-order valence-corrected chi connectivity index (χ4v) is 11.7. The lowest BCUT2D eigenvalue weighted by Gasteiger charge is -2.52. The first kappa shape index (κ1) is 62.1. The van der Waals surface area contributed by atoms with E-state index in [4.69, 9.17) is 66.3 Å². The number of carbonyl (C=O) groups is 2. The minimum Gasteiger partial charge on any atom is -0.463 e. The summed E-state index contributed by atoms with van der Waals surface area (Å²) in [4.78, 5) is 30.3. The average Bonchev–Trinajstić information content (AvgIpc) is 3.51. The molecule has 22 heteroatoms. The first-order chi connectivity index (χ1) is 37.9. The Bertz CT molecular complexity index is 2340.